The number of benzene rings is 1. The van der Waals surface area contributed by atoms with Gasteiger partial charge in [0.05, 0.1) is 6.42 Å². The van der Waals surface area contributed by atoms with Gasteiger partial charge in [-0.25, -0.2) is 0 Å². The Bertz CT molecular complexity index is 418. The zero-order valence-corrected chi connectivity index (χ0v) is 9.54. The number of rotatable bonds is 5. The maximum Gasteiger partial charge on any atom is 0.390 e. The van der Waals surface area contributed by atoms with Crippen molar-refractivity contribution in [3.05, 3.63) is 35.4 Å². The van der Waals surface area contributed by atoms with Gasteiger partial charge in [-0.15, -0.1) is 0 Å². The first-order valence-corrected chi connectivity index (χ1v) is 5.27. The van der Waals surface area contributed by atoms with E-state index in [4.69, 9.17) is 10.9 Å². The predicted molar refractivity (Wildman–Crippen MR) is 61.3 cm³/mol. The van der Waals surface area contributed by atoms with Gasteiger partial charge in [-0.1, -0.05) is 29.4 Å². The van der Waals surface area contributed by atoms with Crippen LogP contribution in [-0.2, 0) is 6.54 Å². The summed E-state index contributed by atoms with van der Waals surface area (Å²) >= 11 is 0. The lowest BCUT2D eigenvalue weighted by Gasteiger charge is -2.10. The highest BCUT2D eigenvalue weighted by Crippen LogP contribution is 2.18. The summed E-state index contributed by atoms with van der Waals surface area (Å²) in [6.45, 7) is 0.0521. The number of hydrogen-bond acceptors (Lipinski definition) is 3. The molecular formula is C11H14F3N3O. The smallest absolute Gasteiger partial charge is 0.390 e. The van der Waals surface area contributed by atoms with Gasteiger partial charge in [0.1, 0.15) is 0 Å². The average molecular weight is 261 g/mol. The molecule has 4 N–H and O–H groups in total. The van der Waals surface area contributed by atoms with Crippen molar-refractivity contribution < 1.29 is 18.4 Å². The molecule has 0 amide bonds. The van der Waals surface area contributed by atoms with E-state index in [1.165, 1.54) is 0 Å². The molecule has 1 aromatic carbocycles. The fraction of sp³-hybridized carbons (Fsp3) is 0.364. The Hall–Kier alpha value is -1.76. The Morgan fingerprint density at radius 1 is 1.33 bits per heavy atom. The van der Waals surface area contributed by atoms with Gasteiger partial charge in [-0.05, 0) is 5.56 Å². The first-order chi connectivity index (χ1) is 8.44. The summed E-state index contributed by atoms with van der Waals surface area (Å²) in [6, 6.07) is 6.77. The van der Waals surface area contributed by atoms with Crippen molar-refractivity contribution in [2.24, 2.45) is 10.9 Å². The van der Waals surface area contributed by atoms with E-state index in [1.807, 2.05) is 0 Å². The minimum absolute atomic E-state index is 0.0665. The lowest BCUT2D eigenvalue weighted by molar-refractivity contribution is -0.133. The van der Waals surface area contributed by atoms with Gasteiger partial charge in [0.25, 0.3) is 0 Å². The zero-order valence-electron chi connectivity index (χ0n) is 9.54. The Labute approximate surface area is 102 Å². The van der Waals surface area contributed by atoms with Crippen molar-refractivity contribution in [3.8, 4) is 0 Å². The van der Waals surface area contributed by atoms with Crippen molar-refractivity contribution in [2.75, 3.05) is 6.54 Å². The third-order valence-corrected chi connectivity index (χ3v) is 2.30. The van der Waals surface area contributed by atoms with Gasteiger partial charge in [0.15, 0.2) is 5.84 Å². The quantitative estimate of drug-likeness (QED) is 0.249. The molecule has 0 saturated carbocycles. The first-order valence-electron chi connectivity index (χ1n) is 5.27. The molecule has 0 aliphatic carbocycles. The van der Waals surface area contributed by atoms with Crippen LogP contribution in [0.3, 0.4) is 0 Å². The van der Waals surface area contributed by atoms with E-state index in [-0.39, 0.29) is 18.9 Å². The van der Waals surface area contributed by atoms with Gasteiger partial charge in [-0.2, -0.15) is 13.2 Å². The number of nitrogens with one attached hydrogen (secondary N) is 1. The summed E-state index contributed by atoms with van der Waals surface area (Å²) in [5.74, 6) is -0.0665. The molecule has 1 rings (SSSR count). The second-order valence-electron chi connectivity index (χ2n) is 3.68. The standard InChI is InChI=1S/C11H14F3N3O/c12-11(13,14)5-6-16-7-8-3-1-2-4-9(8)10(15)17-18/h1-4,16,18H,5-7H2,(H2,15,17). The molecule has 0 radical (unpaired) electrons. The highest BCUT2D eigenvalue weighted by atomic mass is 19.4. The molecule has 0 aromatic heterocycles. The van der Waals surface area contributed by atoms with Crippen LogP contribution in [0.1, 0.15) is 17.5 Å². The molecule has 0 spiro atoms. The van der Waals surface area contributed by atoms with Crippen LogP contribution in [0, 0.1) is 0 Å². The predicted octanol–water partition coefficient (Wildman–Crippen LogP) is 1.82. The molecule has 0 atom stereocenters. The number of halogens is 3. The molecule has 4 nitrogen and oxygen atoms in total. The Morgan fingerprint density at radius 3 is 2.61 bits per heavy atom. The molecule has 0 aliphatic rings. The Kier molecular flexibility index (Phi) is 4.96. The summed E-state index contributed by atoms with van der Waals surface area (Å²) in [7, 11) is 0. The first kappa shape index (κ1) is 14.3. The minimum atomic E-state index is -4.17. The molecule has 1 aromatic rings. The number of alkyl halides is 3. The number of nitrogens with zero attached hydrogens (tertiary/aromatic N) is 1. The molecule has 0 aliphatic heterocycles. The highest BCUT2D eigenvalue weighted by molar-refractivity contribution is 5.98. The van der Waals surface area contributed by atoms with E-state index in [0.717, 1.165) is 0 Å². The summed E-state index contributed by atoms with van der Waals surface area (Å²) in [5, 5.41) is 14.1. The van der Waals surface area contributed by atoms with E-state index in [1.54, 1.807) is 24.3 Å². The van der Waals surface area contributed by atoms with Gasteiger partial charge >= 0.3 is 6.18 Å². The van der Waals surface area contributed by atoms with Crippen molar-refractivity contribution in [1.29, 1.82) is 0 Å². The van der Waals surface area contributed by atoms with E-state index >= 15 is 0 Å². The third-order valence-electron chi connectivity index (χ3n) is 2.30. The number of amidine groups is 1. The van der Waals surface area contributed by atoms with Crippen LogP contribution in [0.25, 0.3) is 0 Å². The summed E-state index contributed by atoms with van der Waals surface area (Å²) in [4.78, 5) is 0. The monoisotopic (exact) mass is 261 g/mol. The molecule has 0 bridgehead atoms. The highest BCUT2D eigenvalue weighted by Gasteiger charge is 2.25. The molecule has 0 fully saturated rings. The van der Waals surface area contributed by atoms with Gasteiger partial charge < -0.3 is 16.3 Å². The molecular weight excluding hydrogens is 247 g/mol. The zero-order chi connectivity index (χ0) is 13.6. The van der Waals surface area contributed by atoms with Crippen molar-refractivity contribution in [3.63, 3.8) is 0 Å². The maximum atomic E-state index is 11.9. The van der Waals surface area contributed by atoms with E-state index < -0.39 is 12.6 Å². The number of hydrogen-bond donors (Lipinski definition) is 3. The number of oxime groups is 1. The van der Waals surface area contributed by atoms with E-state index in [9.17, 15) is 13.2 Å². The minimum Gasteiger partial charge on any atom is -0.409 e. The van der Waals surface area contributed by atoms with Crippen LogP contribution in [0.2, 0.25) is 0 Å². The van der Waals surface area contributed by atoms with Gasteiger partial charge in [0.2, 0.25) is 0 Å². The third kappa shape index (κ3) is 4.62. The summed E-state index contributed by atoms with van der Waals surface area (Å²) in [5.41, 5.74) is 6.64. The van der Waals surface area contributed by atoms with Crippen LogP contribution in [0.15, 0.2) is 29.4 Å². The Morgan fingerprint density at radius 2 is 2.00 bits per heavy atom. The molecule has 0 saturated heterocycles. The van der Waals surface area contributed by atoms with Crippen LogP contribution < -0.4 is 11.1 Å². The molecule has 0 heterocycles. The van der Waals surface area contributed by atoms with E-state index in [0.29, 0.717) is 11.1 Å². The fourth-order valence-corrected chi connectivity index (χ4v) is 1.43. The normalized spacial score (nSPS) is 12.7. The second kappa shape index (κ2) is 6.25. The lowest BCUT2D eigenvalue weighted by Crippen LogP contribution is -2.23. The topological polar surface area (TPSA) is 70.6 Å². The molecule has 100 valence electrons. The fourth-order valence-electron chi connectivity index (χ4n) is 1.43. The van der Waals surface area contributed by atoms with Crippen molar-refractivity contribution in [2.45, 2.75) is 19.1 Å². The SMILES string of the molecule is NC(=NO)c1ccccc1CNCCC(F)(F)F. The largest absolute Gasteiger partial charge is 0.409 e. The van der Waals surface area contributed by atoms with Crippen LogP contribution in [0.5, 0.6) is 0 Å². The van der Waals surface area contributed by atoms with Crippen LogP contribution >= 0.6 is 0 Å². The summed E-state index contributed by atoms with van der Waals surface area (Å²) in [6.07, 6.45) is -5.06. The average Bonchev–Trinajstić information content (AvgIpc) is 2.33. The number of nitrogens with two attached hydrogens (primary N) is 1. The summed E-state index contributed by atoms with van der Waals surface area (Å²) < 4.78 is 35.8. The van der Waals surface area contributed by atoms with E-state index in [2.05, 4.69) is 10.5 Å². The van der Waals surface area contributed by atoms with Crippen molar-refractivity contribution in [1.82, 2.24) is 5.32 Å². The lowest BCUT2D eigenvalue weighted by atomic mass is 10.1. The van der Waals surface area contributed by atoms with Crippen LogP contribution in [-0.4, -0.2) is 23.8 Å². The van der Waals surface area contributed by atoms with Gasteiger partial charge in [0, 0.05) is 18.7 Å². The van der Waals surface area contributed by atoms with Gasteiger partial charge in [-0.3, -0.25) is 0 Å². The van der Waals surface area contributed by atoms with Crippen LogP contribution in [0.4, 0.5) is 13.2 Å². The molecule has 18 heavy (non-hydrogen) atoms. The van der Waals surface area contributed by atoms with Crippen molar-refractivity contribution >= 4 is 5.84 Å². The maximum absolute atomic E-state index is 11.9. The Balaban J connectivity index is 2.57. The molecule has 0 unspecified atom stereocenters. The molecule has 7 heteroatoms. The second-order valence-corrected chi connectivity index (χ2v) is 3.68.